The van der Waals surface area contributed by atoms with Gasteiger partial charge in [-0.2, -0.15) is 5.26 Å². The molecule has 3 heteroatoms. The van der Waals surface area contributed by atoms with Crippen LogP contribution in [0.25, 0.3) is 0 Å². The van der Waals surface area contributed by atoms with Crippen LogP contribution in [-0.2, 0) is 4.74 Å². The van der Waals surface area contributed by atoms with Crippen LogP contribution in [0.2, 0.25) is 0 Å². The van der Waals surface area contributed by atoms with E-state index < -0.39 is 0 Å². The fraction of sp³-hybridized carbons (Fsp3) is 0.533. The van der Waals surface area contributed by atoms with Crippen LogP contribution in [0.5, 0.6) is 0 Å². The molecule has 0 radical (unpaired) electrons. The Morgan fingerprint density at radius 1 is 1.39 bits per heavy atom. The quantitative estimate of drug-likeness (QED) is 0.889. The van der Waals surface area contributed by atoms with Crippen molar-refractivity contribution in [2.45, 2.75) is 44.9 Å². The van der Waals surface area contributed by atoms with Crippen LogP contribution in [0.4, 0.5) is 0 Å². The molecule has 96 valence electrons. The summed E-state index contributed by atoms with van der Waals surface area (Å²) in [5, 5.41) is 12.4. The van der Waals surface area contributed by atoms with Crippen LogP contribution < -0.4 is 5.32 Å². The molecule has 0 aromatic heterocycles. The van der Waals surface area contributed by atoms with Crippen molar-refractivity contribution in [1.29, 1.82) is 5.26 Å². The van der Waals surface area contributed by atoms with E-state index in [0.29, 0.717) is 23.8 Å². The number of benzene rings is 1. The summed E-state index contributed by atoms with van der Waals surface area (Å²) in [7, 11) is 0. The summed E-state index contributed by atoms with van der Waals surface area (Å²) >= 11 is 0. The molecule has 1 aliphatic heterocycles. The van der Waals surface area contributed by atoms with Crippen LogP contribution in [0.3, 0.4) is 0 Å². The Labute approximate surface area is 109 Å². The molecular formula is C15H20N2O. The lowest BCUT2D eigenvalue weighted by molar-refractivity contribution is 0.0116. The molecule has 0 aliphatic carbocycles. The normalized spacial score (nSPS) is 25.4. The van der Waals surface area contributed by atoms with Gasteiger partial charge in [0.1, 0.15) is 0 Å². The highest BCUT2D eigenvalue weighted by molar-refractivity contribution is 5.32. The standard InChI is InChI=1S/C15H20N2O/c1-11-9-15(7-8-18-11)17-12(2)14-5-3-13(10-16)4-6-14/h3-6,11-12,15,17H,7-9H2,1-2H3. The Bertz CT molecular complexity index is 421. The average Bonchev–Trinajstić information content (AvgIpc) is 2.39. The van der Waals surface area contributed by atoms with Gasteiger partial charge in [-0.1, -0.05) is 12.1 Å². The van der Waals surface area contributed by atoms with E-state index >= 15 is 0 Å². The lowest BCUT2D eigenvalue weighted by atomic mass is 10.0. The van der Waals surface area contributed by atoms with Crippen molar-refractivity contribution < 1.29 is 4.74 Å². The Balaban J connectivity index is 1.94. The summed E-state index contributed by atoms with van der Waals surface area (Å²) in [6.45, 7) is 5.14. The zero-order valence-electron chi connectivity index (χ0n) is 11.0. The van der Waals surface area contributed by atoms with E-state index in [1.807, 2.05) is 24.3 Å². The van der Waals surface area contributed by atoms with Crippen LogP contribution in [0.1, 0.15) is 43.9 Å². The largest absolute Gasteiger partial charge is 0.378 e. The third kappa shape index (κ3) is 3.32. The highest BCUT2D eigenvalue weighted by Crippen LogP contribution is 2.19. The van der Waals surface area contributed by atoms with Crippen LogP contribution >= 0.6 is 0 Å². The first-order chi connectivity index (χ1) is 8.69. The molecule has 3 atom stereocenters. The second-order valence-electron chi connectivity index (χ2n) is 5.02. The van der Waals surface area contributed by atoms with E-state index in [2.05, 4.69) is 25.2 Å². The molecule has 1 heterocycles. The van der Waals surface area contributed by atoms with Gasteiger partial charge in [-0.05, 0) is 44.4 Å². The molecule has 0 spiro atoms. The van der Waals surface area contributed by atoms with Gasteiger partial charge >= 0.3 is 0 Å². The molecule has 1 aromatic rings. The van der Waals surface area contributed by atoms with Crippen molar-refractivity contribution in [3.05, 3.63) is 35.4 Å². The number of hydrogen-bond donors (Lipinski definition) is 1. The molecule has 1 aromatic carbocycles. The molecule has 3 nitrogen and oxygen atoms in total. The smallest absolute Gasteiger partial charge is 0.0991 e. The van der Waals surface area contributed by atoms with Crippen molar-refractivity contribution in [3.63, 3.8) is 0 Å². The first-order valence-corrected chi connectivity index (χ1v) is 6.56. The molecule has 1 saturated heterocycles. The SMILES string of the molecule is CC1CC(NC(C)c2ccc(C#N)cc2)CCO1. The predicted octanol–water partition coefficient (Wildman–Crippen LogP) is 2.78. The van der Waals surface area contributed by atoms with E-state index in [1.54, 1.807) is 0 Å². The van der Waals surface area contributed by atoms with Gasteiger partial charge in [0.2, 0.25) is 0 Å². The van der Waals surface area contributed by atoms with Crippen molar-refractivity contribution >= 4 is 0 Å². The molecule has 2 rings (SSSR count). The molecule has 1 aliphatic rings. The van der Waals surface area contributed by atoms with Crippen LogP contribution in [0, 0.1) is 11.3 Å². The van der Waals surface area contributed by atoms with Crippen molar-refractivity contribution in [1.82, 2.24) is 5.32 Å². The van der Waals surface area contributed by atoms with Crippen LogP contribution in [-0.4, -0.2) is 18.8 Å². The van der Waals surface area contributed by atoms with Crippen molar-refractivity contribution in [3.8, 4) is 6.07 Å². The Hall–Kier alpha value is -1.37. The van der Waals surface area contributed by atoms with Crippen molar-refractivity contribution in [2.24, 2.45) is 0 Å². The van der Waals surface area contributed by atoms with Gasteiger partial charge in [-0.3, -0.25) is 0 Å². The highest BCUT2D eigenvalue weighted by atomic mass is 16.5. The van der Waals surface area contributed by atoms with E-state index in [4.69, 9.17) is 10.00 Å². The number of nitrogens with zero attached hydrogens (tertiary/aromatic N) is 1. The molecule has 18 heavy (non-hydrogen) atoms. The lowest BCUT2D eigenvalue weighted by Gasteiger charge is -2.30. The zero-order chi connectivity index (χ0) is 13.0. The zero-order valence-corrected chi connectivity index (χ0v) is 11.0. The maximum absolute atomic E-state index is 8.78. The van der Waals surface area contributed by atoms with E-state index in [1.165, 1.54) is 5.56 Å². The monoisotopic (exact) mass is 244 g/mol. The van der Waals surface area contributed by atoms with Gasteiger partial charge < -0.3 is 10.1 Å². The minimum absolute atomic E-state index is 0.313. The first-order valence-electron chi connectivity index (χ1n) is 6.56. The van der Waals surface area contributed by atoms with Crippen LogP contribution in [0.15, 0.2) is 24.3 Å². The molecule has 1 fully saturated rings. The number of hydrogen-bond acceptors (Lipinski definition) is 3. The second kappa shape index (κ2) is 5.99. The summed E-state index contributed by atoms with van der Waals surface area (Å²) in [6.07, 6.45) is 2.50. The Kier molecular flexibility index (Phi) is 4.35. The van der Waals surface area contributed by atoms with Gasteiger partial charge in [0.05, 0.1) is 17.7 Å². The summed E-state index contributed by atoms with van der Waals surface area (Å²) < 4.78 is 5.55. The predicted molar refractivity (Wildman–Crippen MR) is 71.1 cm³/mol. The number of nitrogens with one attached hydrogen (secondary N) is 1. The minimum atomic E-state index is 0.313. The molecule has 1 N–H and O–H groups in total. The molecular weight excluding hydrogens is 224 g/mol. The Morgan fingerprint density at radius 2 is 2.11 bits per heavy atom. The lowest BCUT2D eigenvalue weighted by Crippen LogP contribution is -2.39. The van der Waals surface area contributed by atoms with Gasteiger partial charge in [0, 0.05) is 18.7 Å². The number of rotatable bonds is 3. The summed E-state index contributed by atoms with van der Waals surface area (Å²) in [5.41, 5.74) is 1.94. The third-order valence-corrected chi connectivity index (χ3v) is 3.51. The Morgan fingerprint density at radius 3 is 2.72 bits per heavy atom. The van der Waals surface area contributed by atoms with E-state index in [9.17, 15) is 0 Å². The van der Waals surface area contributed by atoms with E-state index in [-0.39, 0.29) is 0 Å². The summed E-state index contributed by atoms with van der Waals surface area (Å²) in [4.78, 5) is 0. The number of nitriles is 1. The average molecular weight is 244 g/mol. The molecule has 3 unspecified atom stereocenters. The minimum Gasteiger partial charge on any atom is -0.378 e. The number of ether oxygens (including phenoxy) is 1. The van der Waals surface area contributed by atoms with Gasteiger partial charge in [0.25, 0.3) is 0 Å². The molecule has 0 amide bonds. The van der Waals surface area contributed by atoms with E-state index in [0.717, 1.165) is 19.4 Å². The maximum Gasteiger partial charge on any atom is 0.0991 e. The fourth-order valence-electron chi connectivity index (χ4n) is 2.45. The van der Waals surface area contributed by atoms with Gasteiger partial charge in [-0.15, -0.1) is 0 Å². The maximum atomic E-state index is 8.78. The fourth-order valence-corrected chi connectivity index (χ4v) is 2.45. The van der Waals surface area contributed by atoms with Gasteiger partial charge in [-0.25, -0.2) is 0 Å². The second-order valence-corrected chi connectivity index (χ2v) is 5.02. The molecule has 0 saturated carbocycles. The van der Waals surface area contributed by atoms with Crippen molar-refractivity contribution in [2.75, 3.05) is 6.61 Å². The third-order valence-electron chi connectivity index (χ3n) is 3.51. The highest BCUT2D eigenvalue weighted by Gasteiger charge is 2.20. The molecule has 0 bridgehead atoms. The van der Waals surface area contributed by atoms with Gasteiger partial charge in [0.15, 0.2) is 0 Å². The first kappa shape index (κ1) is 13.1. The topological polar surface area (TPSA) is 45.0 Å². The summed E-state index contributed by atoms with van der Waals surface area (Å²) in [5.74, 6) is 0. The summed E-state index contributed by atoms with van der Waals surface area (Å²) in [6, 6.07) is 10.8.